The van der Waals surface area contributed by atoms with E-state index in [0.29, 0.717) is 12.1 Å². The Kier molecular flexibility index (Phi) is 6.98. The van der Waals surface area contributed by atoms with Crippen LogP contribution in [0.5, 0.6) is 5.75 Å². The lowest BCUT2D eigenvalue weighted by Gasteiger charge is -2.22. The molecule has 0 saturated carbocycles. The summed E-state index contributed by atoms with van der Waals surface area (Å²) in [5.41, 5.74) is 2.52. The van der Waals surface area contributed by atoms with Crippen molar-refractivity contribution in [2.75, 3.05) is 20.7 Å². The summed E-state index contributed by atoms with van der Waals surface area (Å²) in [4.78, 5) is 14.5. The number of nitrogens with zero attached hydrogens (tertiary/aromatic N) is 1. The molecule has 0 aliphatic rings. The molecule has 4 nitrogen and oxygen atoms in total. The molecule has 5 heteroatoms. The molecule has 0 aliphatic carbocycles. The Morgan fingerprint density at radius 3 is 2.24 bits per heavy atom. The number of hydrogen-bond donors (Lipinski definition) is 1. The molecule has 0 unspecified atom stereocenters. The molecule has 29 heavy (non-hydrogen) atoms. The largest absolute Gasteiger partial charge is 0.497 e. The fourth-order valence-electron chi connectivity index (χ4n) is 3.23. The molecule has 0 bridgehead atoms. The summed E-state index contributed by atoms with van der Waals surface area (Å²) in [6.45, 7) is 0.520. The van der Waals surface area contributed by atoms with Gasteiger partial charge >= 0.3 is 0 Å². The Bertz CT molecular complexity index is 929. The number of halogens is 1. The van der Waals surface area contributed by atoms with Gasteiger partial charge < -0.3 is 10.1 Å². The van der Waals surface area contributed by atoms with Gasteiger partial charge in [0.05, 0.1) is 19.7 Å². The Labute approximate surface area is 170 Å². The number of amides is 1. The molecular weight excluding hydrogens is 367 g/mol. The number of benzene rings is 3. The lowest BCUT2D eigenvalue weighted by Crippen LogP contribution is -2.37. The van der Waals surface area contributed by atoms with Crippen molar-refractivity contribution in [2.24, 2.45) is 0 Å². The van der Waals surface area contributed by atoms with Crippen LogP contribution >= 0.6 is 0 Å². The van der Waals surface area contributed by atoms with Crippen molar-refractivity contribution in [3.63, 3.8) is 0 Å². The normalized spacial score (nSPS) is 11.9. The third-order valence-corrected chi connectivity index (χ3v) is 4.70. The Morgan fingerprint density at radius 2 is 1.59 bits per heavy atom. The summed E-state index contributed by atoms with van der Waals surface area (Å²) < 4.78 is 19.1. The van der Waals surface area contributed by atoms with Gasteiger partial charge in [0.2, 0.25) is 5.91 Å². The lowest BCUT2D eigenvalue weighted by molar-refractivity contribution is -0.122. The van der Waals surface area contributed by atoms with Crippen molar-refractivity contribution in [3.8, 4) is 5.75 Å². The zero-order valence-electron chi connectivity index (χ0n) is 16.6. The van der Waals surface area contributed by atoms with Gasteiger partial charge in [-0.15, -0.1) is 0 Å². The van der Waals surface area contributed by atoms with Gasteiger partial charge in [0.25, 0.3) is 0 Å². The molecule has 0 aromatic heterocycles. The van der Waals surface area contributed by atoms with Crippen LogP contribution in [0.3, 0.4) is 0 Å². The highest BCUT2D eigenvalue weighted by Gasteiger charge is 2.18. The molecule has 150 valence electrons. The van der Waals surface area contributed by atoms with Gasteiger partial charge in [-0.05, 0) is 36.4 Å². The summed E-state index contributed by atoms with van der Waals surface area (Å²) >= 11 is 0. The van der Waals surface area contributed by atoms with E-state index in [2.05, 4.69) is 5.32 Å². The second kappa shape index (κ2) is 9.85. The smallest absolute Gasteiger partial charge is 0.234 e. The monoisotopic (exact) mass is 392 g/mol. The first kappa shape index (κ1) is 20.6. The third-order valence-electron chi connectivity index (χ3n) is 4.70. The van der Waals surface area contributed by atoms with Crippen molar-refractivity contribution in [3.05, 3.63) is 101 Å². The SMILES string of the molecule is COc1ccc([C@@H](NC(=O)CN(C)Cc2ccccc2F)c2ccccc2)cc1. The standard InChI is InChI=1S/C24H25FN2O2/c1-27(16-20-10-6-7-11-22(20)25)17-23(28)26-24(18-8-4-3-5-9-18)19-12-14-21(29-2)15-13-19/h3-15,24H,16-17H2,1-2H3,(H,26,28)/t24-/m0/s1. The molecule has 1 atom stereocenters. The minimum atomic E-state index is -0.281. The van der Waals surface area contributed by atoms with Crippen LogP contribution in [0.1, 0.15) is 22.7 Å². The van der Waals surface area contributed by atoms with Crippen molar-refractivity contribution in [2.45, 2.75) is 12.6 Å². The maximum Gasteiger partial charge on any atom is 0.234 e. The molecular formula is C24H25FN2O2. The molecule has 3 aromatic rings. The van der Waals surface area contributed by atoms with Gasteiger partial charge in [-0.1, -0.05) is 60.7 Å². The van der Waals surface area contributed by atoms with E-state index in [1.54, 1.807) is 37.3 Å². The van der Waals surface area contributed by atoms with Crippen LogP contribution in [-0.4, -0.2) is 31.5 Å². The second-order valence-corrected chi connectivity index (χ2v) is 6.95. The number of methoxy groups -OCH3 is 1. The van der Waals surface area contributed by atoms with Gasteiger partial charge in [-0.3, -0.25) is 9.69 Å². The zero-order valence-corrected chi connectivity index (χ0v) is 16.6. The van der Waals surface area contributed by atoms with Gasteiger partial charge in [0.1, 0.15) is 11.6 Å². The van der Waals surface area contributed by atoms with Crippen molar-refractivity contribution < 1.29 is 13.9 Å². The van der Waals surface area contributed by atoms with Crippen LogP contribution in [0.15, 0.2) is 78.9 Å². The zero-order chi connectivity index (χ0) is 20.6. The summed E-state index contributed by atoms with van der Waals surface area (Å²) in [6, 6.07) is 23.8. The number of hydrogen-bond acceptors (Lipinski definition) is 3. The van der Waals surface area contributed by atoms with Gasteiger partial charge in [-0.2, -0.15) is 0 Å². The van der Waals surface area contributed by atoms with Gasteiger partial charge in [0.15, 0.2) is 0 Å². The number of carbonyl (C=O) groups excluding carboxylic acids is 1. The van der Waals surface area contributed by atoms with Gasteiger partial charge in [0, 0.05) is 12.1 Å². The van der Waals surface area contributed by atoms with Crippen LogP contribution in [-0.2, 0) is 11.3 Å². The quantitative estimate of drug-likeness (QED) is 0.626. The average molecular weight is 392 g/mol. The van der Waals surface area contributed by atoms with E-state index < -0.39 is 0 Å². The van der Waals surface area contributed by atoms with Crippen LogP contribution < -0.4 is 10.1 Å². The minimum Gasteiger partial charge on any atom is -0.497 e. The molecule has 0 aliphatic heterocycles. The number of carbonyl (C=O) groups is 1. The van der Waals surface area contributed by atoms with E-state index in [-0.39, 0.29) is 24.3 Å². The van der Waals surface area contributed by atoms with E-state index in [0.717, 1.165) is 16.9 Å². The van der Waals surface area contributed by atoms with Crippen LogP contribution in [0.2, 0.25) is 0 Å². The minimum absolute atomic E-state index is 0.131. The molecule has 1 N–H and O–H groups in total. The fraction of sp³-hybridized carbons (Fsp3) is 0.208. The van der Waals surface area contributed by atoms with Crippen LogP contribution in [0.4, 0.5) is 4.39 Å². The van der Waals surface area contributed by atoms with Crippen molar-refractivity contribution in [1.82, 2.24) is 10.2 Å². The molecule has 1 amide bonds. The number of rotatable bonds is 8. The molecule has 0 saturated heterocycles. The maximum atomic E-state index is 13.9. The predicted molar refractivity (Wildman–Crippen MR) is 112 cm³/mol. The van der Waals surface area contributed by atoms with Crippen LogP contribution in [0, 0.1) is 5.82 Å². The molecule has 0 spiro atoms. The first-order valence-corrected chi connectivity index (χ1v) is 9.47. The van der Waals surface area contributed by atoms with E-state index in [1.165, 1.54) is 6.07 Å². The molecule has 3 aromatic carbocycles. The number of nitrogens with one attached hydrogen (secondary N) is 1. The van der Waals surface area contributed by atoms with Crippen molar-refractivity contribution in [1.29, 1.82) is 0 Å². The van der Waals surface area contributed by atoms with E-state index in [4.69, 9.17) is 4.74 Å². The molecule has 0 radical (unpaired) electrons. The molecule has 0 fully saturated rings. The number of likely N-dealkylation sites (N-methyl/N-ethyl adjacent to an activating group) is 1. The summed E-state index contributed by atoms with van der Waals surface area (Å²) in [7, 11) is 3.42. The Hall–Kier alpha value is -3.18. The molecule has 3 rings (SSSR count). The third kappa shape index (κ3) is 5.65. The lowest BCUT2D eigenvalue weighted by atomic mass is 9.98. The highest BCUT2D eigenvalue weighted by Crippen LogP contribution is 2.24. The summed E-state index contributed by atoms with van der Waals surface area (Å²) in [5.74, 6) is 0.366. The highest BCUT2D eigenvalue weighted by atomic mass is 19.1. The fourth-order valence-corrected chi connectivity index (χ4v) is 3.23. The topological polar surface area (TPSA) is 41.6 Å². The van der Waals surface area contributed by atoms with Crippen LogP contribution in [0.25, 0.3) is 0 Å². The van der Waals surface area contributed by atoms with E-state index >= 15 is 0 Å². The maximum absolute atomic E-state index is 13.9. The average Bonchev–Trinajstić information content (AvgIpc) is 2.74. The highest BCUT2D eigenvalue weighted by molar-refractivity contribution is 5.79. The van der Waals surface area contributed by atoms with E-state index in [9.17, 15) is 9.18 Å². The summed E-state index contributed by atoms with van der Waals surface area (Å²) in [5, 5.41) is 3.10. The van der Waals surface area contributed by atoms with Gasteiger partial charge in [-0.25, -0.2) is 4.39 Å². The molecule has 0 heterocycles. The summed E-state index contributed by atoms with van der Waals surface area (Å²) in [6.07, 6.45) is 0. The first-order valence-electron chi connectivity index (χ1n) is 9.47. The predicted octanol–water partition coefficient (Wildman–Crippen LogP) is 4.17. The Morgan fingerprint density at radius 1 is 0.966 bits per heavy atom. The van der Waals surface area contributed by atoms with E-state index in [1.807, 2.05) is 54.6 Å². The van der Waals surface area contributed by atoms with Crippen molar-refractivity contribution >= 4 is 5.91 Å². The number of ether oxygens (including phenoxy) is 1. The first-order chi connectivity index (χ1) is 14.1. The Balaban J connectivity index is 1.71. The second-order valence-electron chi connectivity index (χ2n) is 6.95.